The zero-order chi connectivity index (χ0) is 24.1. The topological polar surface area (TPSA) is 61.9 Å². The van der Waals surface area contributed by atoms with Gasteiger partial charge in [-0.1, -0.05) is 41.4 Å². The van der Waals surface area contributed by atoms with Crippen molar-refractivity contribution in [1.29, 1.82) is 0 Å². The Kier molecular flexibility index (Phi) is 7.60. The zero-order valence-corrected chi connectivity index (χ0v) is 20.3. The van der Waals surface area contributed by atoms with E-state index in [0.29, 0.717) is 41.1 Å². The molecule has 176 valence electrons. The minimum Gasteiger partial charge on any atom is -0.497 e. The molecule has 6 nitrogen and oxygen atoms in total. The molecule has 4 rings (SSSR count). The van der Waals surface area contributed by atoms with E-state index in [1.165, 1.54) is 0 Å². The van der Waals surface area contributed by atoms with Crippen molar-refractivity contribution in [3.05, 3.63) is 87.9 Å². The number of benzene rings is 3. The fourth-order valence-corrected chi connectivity index (χ4v) is 4.24. The van der Waals surface area contributed by atoms with Gasteiger partial charge in [0.05, 0.1) is 23.6 Å². The van der Waals surface area contributed by atoms with Crippen molar-refractivity contribution in [2.75, 3.05) is 30.4 Å². The summed E-state index contributed by atoms with van der Waals surface area (Å²) in [6.45, 7) is 1.77. The zero-order valence-electron chi connectivity index (χ0n) is 18.8. The molecule has 0 spiro atoms. The molecule has 0 aliphatic carbocycles. The van der Waals surface area contributed by atoms with Gasteiger partial charge in [0.15, 0.2) is 0 Å². The third-order valence-corrected chi connectivity index (χ3v) is 6.37. The summed E-state index contributed by atoms with van der Waals surface area (Å²) in [6, 6.07) is 20.1. The van der Waals surface area contributed by atoms with Gasteiger partial charge in [0.1, 0.15) is 5.75 Å². The van der Waals surface area contributed by atoms with Crippen LogP contribution in [0.25, 0.3) is 0 Å². The van der Waals surface area contributed by atoms with Gasteiger partial charge in [-0.25, -0.2) is 4.79 Å². The molecule has 3 aromatic carbocycles. The van der Waals surface area contributed by atoms with Crippen LogP contribution in [0, 0.1) is 0 Å². The largest absolute Gasteiger partial charge is 0.497 e. The Morgan fingerprint density at radius 2 is 1.76 bits per heavy atom. The first-order valence-electron chi connectivity index (χ1n) is 11.0. The van der Waals surface area contributed by atoms with Crippen molar-refractivity contribution in [3.63, 3.8) is 0 Å². The van der Waals surface area contributed by atoms with Crippen LogP contribution in [0.2, 0.25) is 10.0 Å². The van der Waals surface area contributed by atoms with Gasteiger partial charge in [0.25, 0.3) is 0 Å². The van der Waals surface area contributed by atoms with Crippen LogP contribution in [-0.4, -0.2) is 37.0 Å². The number of carbonyl (C=O) groups excluding carboxylic acids is 2. The highest BCUT2D eigenvalue weighted by atomic mass is 35.5. The highest BCUT2D eigenvalue weighted by Crippen LogP contribution is 2.26. The highest BCUT2D eigenvalue weighted by molar-refractivity contribution is 6.42. The van der Waals surface area contributed by atoms with E-state index in [1.54, 1.807) is 29.0 Å². The Bertz CT molecular complexity index is 1180. The summed E-state index contributed by atoms with van der Waals surface area (Å²) in [5, 5.41) is 3.87. The first-order valence-corrected chi connectivity index (χ1v) is 11.7. The van der Waals surface area contributed by atoms with E-state index in [2.05, 4.69) is 5.32 Å². The van der Waals surface area contributed by atoms with Crippen molar-refractivity contribution in [3.8, 4) is 5.75 Å². The number of hydrogen-bond acceptors (Lipinski definition) is 3. The maximum Gasteiger partial charge on any atom is 0.324 e. The number of ether oxygens (including phenoxy) is 1. The molecule has 34 heavy (non-hydrogen) atoms. The number of nitrogens with zero attached hydrogens (tertiary/aromatic N) is 2. The Morgan fingerprint density at radius 3 is 2.50 bits per heavy atom. The van der Waals surface area contributed by atoms with Crippen LogP contribution in [0.3, 0.4) is 0 Å². The first kappa shape index (κ1) is 23.9. The number of amides is 3. The molecule has 0 saturated carbocycles. The average molecular weight is 498 g/mol. The molecule has 1 aliphatic rings. The lowest BCUT2D eigenvalue weighted by Crippen LogP contribution is -2.49. The molecule has 0 radical (unpaired) electrons. The van der Waals surface area contributed by atoms with E-state index < -0.39 is 0 Å². The van der Waals surface area contributed by atoms with Crippen molar-refractivity contribution < 1.29 is 14.3 Å². The maximum atomic E-state index is 13.1. The molecule has 8 heteroatoms. The molecule has 1 aliphatic heterocycles. The van der Waals surface area contributed by atoms with Crippen LogP contribution in [-0.2, 0) is 17.8 Å². The Labute approximate surface area is 209 Å². The number of rotatable bonds is 7. The number of halogens is 2. The van der Waals surface area contributed by atoms with E-state index in [1.807, 2.05) is 54.6 Å². The molecule has 3 aromatic rings. The quantitative estimate of drug-likeness (QED) is 0.434. The predicted molar refractivity (Wildman–Crippen MR) is 136 cm³/mol. The number of hydrogen-bond donors (Lipinski definition) is 1. The molecule has 0 unspecified atom stereocenters. The minimum atomic E-state index is -0.122. The van der Waals surface area contributed by atoms with Gasteiger partial charge in [-0.2, -0.15) is 0 Å². The van der Waals surface area contributed by atoms with E-state index in [0.717, 1.165) is 23.2 Å². The second kappa shape index (κ2) is 10.8. The van der Waals surface area contributed by atoms with E-state index in [9.17, 15) is 9.59 Å². The Morgan fingerprint density at radius 1 is 0.971 bits per heavy atom. The lowest BCUT2D eigenvalue weighted by Gasteiger charge is -2.35. The summed E-state index contributed by atoms with van der Waals surface area (Å²) in [7, 11) is 1.60. The highest BCUT2D eigenvalue weighted by Gasteiger charge is 2.27. The summed E-state index contributed by atoms with van der Waals surface area (Å²) < 4.78 is 5.21. The fourth-order valence-electron chi connectivity index (χ4n) is 3.92. The van der Waals surface area contributed by atoms with Gasteiger partial charge in [0.2, 0.25) is 5.91 Å². The number of nitrogens with one attached hydrogen (secondary N) is 1. The van der Waals surface area contributed by atoms with Gasteiger partial charge in [-0.15, -0.1) is 0 Å². The van der Waals surface area contributed by atoms with Crippen LogP contribution in [0.5, 0.6) is 5.75 Å². The number of carbonyl (C=O) groups is 2. The molecule has 0 atom stereocenters. The third kappa shape index (κ3) is 5.82. The molecule has 1 fully saturated rings. The van der Waals surface area contributed by atoms with E-state index >= 15 is 0 Å². The fraction of sp³-hybridized carbons (Fsp3) is 0.231. The van der Waals surface area contributed by atoms with Crippen LogP contribution in [0.1, 0.15) is 17.5 Å². The summed E-state index contributed by atoms with van der Waals surface area (Å²) in [4.78, 5) is 29.1. The van der Waals surface area contributed by atoms with Crippen LogP contribution in [0.4, 0.5) is 16.2 Å². The van der Waals surface area contributed by atoms with Crippen LogP contribution >= 0.6 is 23.2 Å². The Hall–Kier alpha value is -3.22. The molecule has 0 bridgehead atoms. The van der Waals surface area contributed by atoms with E-state index in [-0.39, 0.29) is 18.4 Å². The van der Waals surface area contributed by atoms with Crippen molar-refractivity contribution >= 4 is 46.5 Å². The van der Waals surface area contributed by atoms with Crippen LogP contribution < -0.4 is 15.0 Å². The number of urea groups is 1. The van der Waals surface area contributed by atoms with Crippen molar-refractivity contribution in [2.24, 2.45) is 0 Å². The summed E-state index contributed by atoms with van der Waals surface area (Å²) in [5.74, 6) is 0.594. The summed E-state index contributed by atoms with van der Waals surface area (Å²) >= 11 is 12.1. The molecule has 1 saturated heterocycles. The maximum absolute atomic E-state index is 13.1. The molecule has 3 amide bonds. The minimum absolute atomic E-state index is 0.0628. The first-order chi connectivity index (χ1) is 16.4. The van der Waals surface area contributed by atoms with Crippen molar-refractivity contribution in [1.82, 2.24) is 4.90 Å². The van der Waals surface area contributed by atoms with E-state index in [4.69, 9.17) is 27.9 Å². The summed E-state index contributed by atoms with van der Waals surface area (Å²) in [6.07, 6.45) is 1.10. The number of methoxy groups -OCH3 is 1. The monoisotopic (exact) mass is 497 g/mol. The molecular formula is C26H25Cl2N3O3. The third-order valence-electron chi connectivity index (χ3n) is 5.63. The molecule has 1 heterocycles. The Balaban J connectivity index is 1.37. The van der Waals surface area contributed by atoms with Gasteiger partial charge < -0.3 is 15.0 Å². The lowest BCUT2D eigenvalue weighted by atomic mass is 10.1. The van der Waals surface area contributed by atoms with Gasteiger partial charge >= 0.3 is 6.03 Å². The normalized spacial score (nSPS) is 13.7. The van der Waals surface area contributed by atoms with Crippen molar-refractivity contribution in [2.45, 2.75) is 19.4 Å². The van der Waals surface area contributed by atoms with Crippen LogP contribution in [0.15, 0.2) is 66.7 Å². The second-order valence-electron chi connectivity index (χ2n) is 8.08. The molecular weight excluding hydrogens is 473 g/mol. The smallest absolute Gasteiger partial charge is 0.324 e. The number of anilines is 2. The standard InChI is InChI=1S/C26H25Cl2N3O3/c1-34-22-5-2-4-18(14-22)16-25(32)29-20-7-9-21(10-8-20)31-13-3-12-30(26(31)33)17-19-6-11-23(27)24(28)15-19/h2,4-11,14-15H,3,12-13,16-17H2,1H3,(H,29,32). The molecule has 1 N–H and O–H groups in total. The molecule has 0 aromatic heterocycles. The second-order valence-corrected chi connectivity index (χ2v) is 8.90. The predicted octanol–water partition coefficient (Wildman–Crippen LogP) is 6.02. The SMILES string of the molecule is COc1cccc(CC(=O)Nc2ccc(N3CCCN(Cc4ccc(Cl)c(Cl)c4)C3=O)cc2)c1. The lowest BCUT2D eigenvalue weighted by molar-refractivity contribution is -0.115. The van der Waals surface area contributed by atoms with Gasteiger partial charge in [0, 0.05) is 31.0 Å². The van der Waals surface area contributed by atoms with Gasteiger partial charge in [-0.05, 0) is 66.1 Å². The summed E-state index contributed by atoms with van der Waals surface area (Å²) in [5.41, 5.74) is 3.26. The van der Waals surface area contributed by atoms with Gasteiger partial charge in [-0.3, -0.25) is 9.69 Å². The average Bonchev–Trinajstić information content (AvgIpc) is 2.83.